The molecule has 0 bridgehead atoms. The third-order valence-corrected chi connectivity index (χ3v) is 2.66. The fourth-order valence-electron chi connectivity index (χ4n) is 2.11. The number of nitrogens with zero attached hydrogens (tertiary/aromatic N) is 1. The Hall–Kier alpha value is -1.50. The summed E-state index contributed by atoms with van der Waals surface area (Å²) >= 11 is 0. The van der Waals surface area contributed by atoms with Gasteiger partial charge in [-0.1, -0.05) is 18.2 Å². The second-order valence-electron chi connectivity index (χ2n) is 3.68. The summed E-state index contributed by atoms with van der Waals surface area (Å²) in [4.78, 5) is 0. The maximum Gasteiger partial charge on any atom is 0.0488 e. The SMILES string of the molecule is Cc1cc2n(c1)-c1ccccc1C2. The lowest BCUT2D eigenvalue weighted by Gasteiger charge is -1.99. The first-order chi connectivity index (χ1) is 6.34. The van der Waals surface area contributed by atoms with Gasteiger partial charge in [-0.2, -0.15) is 0 Å². The molecule has 13 heavy (non-hydrogen) atoms. The molecular weight excluding hydrogens is 158 g/mol. The summed E-state index contributed by atoms with van der Waals surface area (Å²) in [6.07, 6.45) is 3.30. The maximum absolute atomic E-state index is 2.30. The van der Waals surface area contributed by atoms with Crippen LogP contribution in [0.4, 0.5) is 0 Å². The lowest BCUT2D eigenvalue weighted by Crippen LogP contribution is -1.87. The minimum Gasteiger partial charge on any atom is -0.320 e. The van der Waals surface area contributed by atoms with Gasteiger partial charge in [-0.25, -0.2) is 0 Å². The van der Waals surface area contributed by atoms with Gasteiger partial charge < -0.3 is 4.57 Å². The van der Waals surface area contributed by atoms with Crippen LogP contribution < -0.4 is 0 Å². The quantitative estimate of drug-likeness (QED) is 0.487. The zero-order valence-corrected chi connectivity index (χ0v) is 7.62. The average molecular weight is 169 g/mol. The molecule has 0 fully saturated rings. The second kappa shape index (κ2) is 2.25. The number of para-hydroxylation sites is 1. The molecule has 1 aromatic heterocycles. The second-order valence-corrected chi connectivity index (χ2v) is 3.68. The number of hydrogen-bond donors (Lipinski definition) is 0. The molecule has 1 heteroatoms. The molecule has 0 radical (unpaired) electrons. The van der Waals surface area contributed by atoms with Crippen molar-refractivity contribution in [2.75, 3.05) is 0 Å². The average Bonchev–Trinajstić information content (AvgIpc) is 2.60. The highest BCUT2D eigenvalue weighted by Gasteiger charge is 2.16. The van der Waals surface area contributed by atoms with Gasteiger partial charge in [-0.3, -0.25) is 0 Å². The summed E-state index contributed by atoms with van der Waals surface area (Å²) in [6.45, 7) is 2.15. The topological polar surface area (TPSA) is 4.93 Å². The number of benzene rings is 1. The van der Waals surface area contributed by atoms with Crippen molar-refractivity contribution in [2.24, 2.45) is 0 Å². The first-order valence-corrected chi connectivity index (χ1v) is 4.61. The standard InChI is InChI=1S/C12H11N/c1-9-6-11-7-10-4-2-3-5-12(10)13(11)8-9/h2-6,8H,7H2,1H3. The van der Waals surface area contributed by atoms with Gasteiger partial charge >= 0.3 is 0 Å². The molecular formula is C12H11N. The largest absolute Gasteiger partial charge is 0.320 e. The minimum absolute atomic E-state index is 1.09. The fourth-order valence-corrected chi connectivity index (χ4v) is 2.11. The summed E-state index contributed by atoms with van der Waals surface area (Å²) in [5, 5.41) is 0. The first-order valence-electron chi connectivity index (χ1n) is 4.61. The van der Waals surface area contributed by atoms with Gasteiger partial charge in [0.2, 0.25) is 0 Å². The van der Waals surface area contributed by atoms with Crippen LogP contribution in [0.1, 0.15) is 16.8 Å². The predicted molar refractivity (Wildman–Crippen MR) is 53.3 cm³/mol. The Kier molecular flexibility index (Phi) is 1.21. The van der Waals surface area contributed by atoms with E-state index in [1.54, 1.807) is 0 Å². The Labute approximate surface area is 77.6 Å². The molecule has 1 aromatic carbocycles. The minimum atomic E-state index is 1.09. The van der Waals surface area contributed by atoms with E-state index in [4.69, 9.17) is 0 Å². The van der Waals surface area contributed by atoms with Gasteiger partial charge in [0.05, 0.1) is 0 Å². The van der Waals surface area contributed by atoms with Crippen molar-refractivity contribution in [3.63, 3.8) is 0 Å². The van der Waals surface area contributed by atoms with E-state index in [1.807, 2.05) is 0 Å². The van der Waals surface area contributed by atoms with Crippen LogP contribution >= 0.6 is 0 Å². The number of aromatic nitrogens is 1. The normalized spacial score (nSPS) is 12.7. The van der Waals surface area contributed by atoms with Gasteiger partial charge in [0.25, 0.3) is 0 Å². The summed E-state index contributed by atoms with van der Waals surface area (Å²) in [6, 6.07) is 10.9. The highest BCUT2D eigenvalue weighted by Crippen LogP contribution is 2.28. The molecule has 2 heterocycles. The predicted octanol–water partition coefficient (Wildman–Crippen LogP) is 2.69. The number of rotatable bonds is 0. The van der Waals surface area contributed by atoms with Crippen LogP contribution in [0.15, 0.2) is 36.5 Å². The van der Waals surface area contributed by atoms with E-state index in [1.165, 1.54) is 22.5 Å². The van der Waals surface area contributed by atoms with E-state index in [0.29, 0.717) is 0 Å². The lowest BCUT2D eigenvalue weighted by atomic mass is 10.1. The molecule has 1 aliphatic heterocycles. The molecule has 0 N–H and O–H groups in total. The summed E-state index contributed by atoms with van der Waals surface area (Å²) in [5.41, 5.74) is 5.56. The third kappa shape index (κ3) is 0.872. The van der Waals surface area contributed by atoms with Crippen LogP contribution in [0.2, 0.25) is 0 Å². The van der Waals surface area contributed by atoms with E-state index >= 15 is 0 Å². The highest BCUT2D eigenvalue weighted by molar-refractivity contribution is 5.51. The van der Waals surface area contributed by atoms with Crippen molar-refractivity contribution in [2.45, 2.75) is 13.3 Å². The molecule has 3 rings (SSSR count). The zero-order valence-electron chi connectivity index (χ0n) is 7.62. The van der Waals surface area contributed by atoms with E-state index in [0.717, 1.165) is 6.42 Å². The summed E-state index contributed by atoms with van der Waals surface area (Å²) in [7, 11) is 0. The zero-order chi connectivity index (χ0) is 8.84. The molecule has 0 saturated heterocycles. The molecule has 1 aliphatic rings. The van der Waals surface area contributed by atoms with Crippen molar-refractivity contribution >= 4 is 0 Å². The third-order valence-electron chi connectivity index (χ3n) is 2.66. The van der Waals surface area contributed by atoms with Crippen LogP contribution in [0, 0.1) is 6.92 Å². The Bertz CT molecular complexity index is 466. The highest BCUT2D eigenvalue weighted by atomic mass is 15.0. The van der Waals surface area contributed by atoms with Gasteiger partial charge in [0, 0.05) is 24.0 Å². The Balaban J connectivity index is 2.30. The van der Waals surface area contributed by atoms with Crippen LogP contribution in [-0.4, -0.2) is 4.57 Å². The fraction of sp³-hybridized carbons (Fsp3) is 0.167. The van der Waals surface area contributed by atoms with Gasteiger partial charge in [0.15, 0.2) is 0 Å². The number of fused-ring (bicyclic) bond motifs is 3. The van der Waals surface area contributed by atoms with Gasteiger partial charge in [-0.05, 0) is 30.2 Å². The van der Waals surface area contributed by atoms with Crippen LogP contribution in [-0.2, 0) is 6.42 Å². The Morgan fingerprint density at radius 1 is 1.23 bits per heavy atom. The number of aryl methyl sites for hydroxylation is 1. The van der Waals surface area contributed by atoms with Crippen LogP contribution in [0.25, 0.3) is 5.69 Å². The first kappa shape index (κ1) is 6.96. The smallest absolute Gasteiger partial charge is 0.0488 e. The van der Waals surface area contributed by atoms with Crippen LogP contribution in [0.5, 0.6) is 0 Å². The summed E-state index contributed by atoms with van der Waals surface area (Å²) < 4.78 is 2.30. The monoisotopic (exact) mass is 169 g/mol. The Morgan fingerprint density at radius 3 is 3.00 bits per heavy atom. The van der Waals surface area contributed by atoms with E-state index in [9.17, 15) is 0 Å². The molecule has 0 spiro atoms. The van der Waals surface area contributed by atoms with Crippen molar-refractivity contribution in [3.05, 3.63) is 53.3 Å². The molecule has 64 valence electrons. The van der Waals surface area contributed by atoms with Gasteiger partial charge in [0.1, 0.15) is 0 Å². The number of hydrogen-bond acceptors (Lipinski definition) is 0. The van der Waals surface area contributed by atoms with Crippen molar-refractivity contribution in [1.29, 1.82) is 0 Å². The lowest BCUT2D eigenvalue weighted by molar-refractivity contribution is 1.05. The van der Waals surface area contributed by atoms with E-state index in [-0.39, 0.29) is 0 Å². The molecule has 0 unspecified atom stereocenters. The molecule has 0 saturated carbocycles. The molecule has 0 amide bonds. The molecule has 0 atom stereocenters. The summed E-state index contributed by atoms with van der Waals surface area (Å²) in [5.74, 6) is 0. The van der Waals surface area contributed by atoms with E-state index in [2.05, 4.69) is 48.0 Å². The maximum atomic E-state index is 2.30. The van der Waals surface area contributed by atoms with E-state index < -0.39 is 0 Å². The van der Waals surface area contributed by atoms with Crippen molar-refractivity contribution in [3.8, 4) is 5.69 Å². The molecule has 1 nitrogen and oxygen atoms in total. The molecule has 0 aliphatic carbocycles. The molecule has 2 aromatic rings. The van der Waals surface area contributed by atoms with Crippen molar-refractivity contribution in [1.82, 2.24) is 4.57 Å². The van der Waals surface area contributed by atoms with Crippen molar-refractivity contribution < 1.29 is 0 Å². The Morgan fingerprint density at radius 2 is 2.08 bits per heavy atom. The van der Waals surface area contributed by atoms with Gasteiger partial charge in [-0.15, -0.1) is 0 Å². The van der Waals surface area contributed by atoms with Crippen LogP contribution in [0.3, 0.4) is 0 Å².